The van der Waals surface area contributed by atoms with E-state index in [1.165, 1.54) is 18.3 Å². The standard InChI is InChI=1S/C9H11N2O7P/c12-6-3-4-11(9(13)10-6)7-1-2-8(18-7)17-5-19(14,15)16/h1-4,7-8H,5H2,(H,10,12,13)(H2,14,15,16)/t7-,8+/m1/s1. The summed E-state index contributed by atoms with van der Waals surface area (Å²) in [6.07, 6.45) is 1.60. The van der Waals surface area contributed by atoms with Crippen molar-refractivity contribution in [1.29, 1.82) is 0 Å². The highest BCUT2D eigenvalue weighted by Gasteiger charge is 2.24. The third-order valence-corrected chi connectivity index (χ3v) is 2.72. The summed E-state index contributed by atoms with van der Waals surface area (Å²) >= 11 is 0. The minimum Gasteiger partial charge on any atom is -0.336 e. The smallest absolute Gasteiger partial charge is 0.336 e. The van der Waals surface area contributed by atoms with Gasteiger partial charge in [0.15, 0.2) is 18.9 Å². The summed E-state index contributed by atoms with van der Waals surface area (Å²) < 4.78 is 21.8. The number of H-pyrrole nitrogens is 1. The van der Waals surface area contributed by atoms with Crippen molar-refractivity contribution in [3.8, 4) is 0 Å². The van der Waals surface area contributed by atoms with Gasteiger partial charge in [-0.25, -0.2) is 4.79 Å². The normalized spacial score (nSPS) is 22.8. The maximum Gasteiger partial charge on any atom is 0.351 e. The third kappa shape index (κ3) is 3.72. The van der Waals surface area contributed by atoms with Gasteiger partial charge in [0, 0.05) is 12.3 Å². The van der Waals surface area contributed by atoms with E-state index in [4.69, 9.17) is 19.3 Å². The Morgan fingerprint density at radius 1 is 1.42 bits per heavy atom. The Kier molecular flexibility index (Phi) is 3.83. The first-order valence-corrected chi connectivity index (χ1v) is 6.96. The van der Waals surface area contributed by atoms with Gasteiger partial charge in [-0.05, 0) is 12.2 Å². The van der Waals surface area contributed by atoms with E-state index in [0.717, 1.165) is 10.6 Å². The number of nitrogens with one attached hydrogen (secondary N) is 1. The van der Waals surface area contributed by atoms with E-state index >= 15 is 0 Å². The van der Waals surface area contributed by atoms with Gasteiger partial charge in [0.1, 0.15) is 0 Å². The molecule has 0 aliphatic carbocycles. The average molecular weight is 290 g/mol. The van der Waals surface area contributed by atoms with Crippen LogP contribution in [0.2, 0.25) is 0 Å². The number of hydrogen-bond acceptors (Lipinski definition) is 5. The van der Waals surface area contributed by atoms with Gasteiger partial charge < -0.3 is 19.3 Å². The number of aromatic nitrogens is 2. The van der Waals surface area contributed by atoms with Crippen LogP contribution in [0.1, 0.15) is 6.23 Å². The highest BCUT2D eigenvalue weighted by molar-refractivity contribution is 7.51. The molecule has 10 heteroatoms. The van der Waals surface area contributed by atoms with Crippen LogP contribution in [0, 0.1) is 0 Å². The lowest BCUT2D eigenvalue weighted by Crippen LogP contribution is -2.31. The lowest BCUT2D eigenvalue weighted by Gasteiger charge is -2.16. The van der Waals surface area contributed by atoms with Crippen molar-refractivity contribution in [2.75, 3.05) is 6.35 Å². The number of ether oxygens (including phenoxy) is 2. The summed E-state index contributed by atoms with van der Waals surface area (Å²) in [6.45, 7) is 0. The Balaban J connectivity index is 2.03. The molecule has 1 aromatic heterocycles. The molecule has 2 rings (SSSR count). The molecule has 9 nitrogen and oxygen atoms in total. The van der Waals surface area contributed by atoms with Crippen LogP contribution in [0.4, 0.5) is 0 Å². The van der Waals surface area contributed by atoms with Crippen molar-refractivity contribution in [2.45, 2.75) is 12.5 Å². The van der Waals surface area contributed by atoms with Crippen molar-refractivity contribution < 1.29 is 23.8 Å². The van der Waals surface area contributed by atoms with Crippen LogP contribution in [0.15, 0.2) is 34.0 Å². The van der Waals surface area contributed by atoms with Crippen LogP contribution < -0.4 is 11.2 Å². The number of rotatable bonds is 4. The van der Waals surface area contributed by atoms with Crippen molar-refractivity contribution in [3.63, 3.8) is 0 Å². The first-order valence-electron chi connectivity index (χ1n) is 5.16. The van der Waals surface area contributed by atoms with Crippen LogP contribution in [-0.4, -0.2) is 32.0 Å². The monoisotopic (exact) mass is 290 g/mol. The molecular weight excluding hydrogens is 279 g/mol. The molecule has 2 atom stereocenters. The summed E-state index contributed by atoms with van der Waals surface area (Å²) in [5, 5.41) is 0. The predicted octanol–water partition coefficient (Wildman–Crippen LogP) is -0.901. The molecule has 0 saturated carbocycles. The van der Waals surface area contributed by atoms with E-state index in [9.17, 15) is 14.2 Å². The van der Waals surface area contributed by atoms with Crippen LogP contribution in [0.3, 0.4) is 0 Å². The molecule has 0 bridgehead atoms. The maximum absolute atomic E-state index is 11.5. The summed E-state index contributed by atoms with van der Waals surface area (Å²) in [5.41, 5.74) is -1.18. The fourth-order valence-corrected chi connectivity index (χ4v) is 1.81. The highest BCUT2D eigenvalue weighted by Crippen LogP contribution is 2.35. The van der Waals surface area contributed by atoms with Crippen molar-refractivity contribution in [3.05, 3.63) is 45.3 Å². The molecule has 1 aliphatic heterocycles. The molecule has 0 fully saturated rings. The number of aromatic amines is 1. The maximum atomic E-state index is 11.5. The second kappa shape index (κ2) is 5.24. The van der Waals surface area contributed by atoms with Gasteiger partial charge in [0.25, 0.3) is 5.56 Å². The lowest BCUT2D eigenvalue weighted by molar-refractivity contribution is -0.127. The zero-order valence-electron chi connectivity index (χ0n) is 9.50. The van der Waals surface area contributed by atoms with Crippen molar-refractivity contribution in [1.82, 2.24) is 9.55 Å². The topological polar surface area (TPSA) is 131 Å². The first kappa shape index (κ1) is 13.9. The van der Waals surface area contributed by atoms with Crippen molar-refractivity contribution in [2.24, 2.45) is 0 Å². The fourth-order valence-electron chi connectivity index (χ4n) is 1.47. The summed E-state index contributed by atoms with van der Waals surface area (Å²) in [4.78, 5) is 41.7. The lowest BCUT2D eigenvalue weighted by atomic mass is 10.5. The van der Waals surface area contributed by atoms with E-state index < -0.39 is 37.7 Å². The molecule has 0 amide bonds. The Bertz CT molecular complexity index is 642. The van der Waals surface area contributed by atoms with Gasteiger partial charge >= 0.3 is 13.3 Å². The third-order valence-electron chi connectivity index (χ3n) is 2.24. The van der Waals surface area contributed by atoms with E-state index in [1.807, 2.05) is 0 Å². The predicted molar refractivity (Wildman–Crippen MR) is 62.4 cm³/mol. The minimum absolute atomic E-state index is 0.530. The Hall–Kier alpha value is -1.51. The summed E-state index contributed by atoms with van der Waals surface area (Å²) in [7, 11) is -4.28. The van der Waals surface area contributed by atoms with Crippen molar-refractivity contribution >= 4 is 7.60 Å². The van der Waals surface area contributed by atoms with Crippen LogP contribution in [-0.2, 0) is 14.0 Å². The Morgan fingerprint density at radius 3 is 2.79 bits per heavy atom. The Labute approximate surface area is 106 Å². The molecule has 1 aromatic rings. The number of hydrogen-bond donors (Lipinski definition) is 3. The molecule has 3 N–H and O–H groups in total. The summed E-state index contributed by atoms with van der Waals surface area (Å²) in [6, 6.07) is 1.16. The number of nitrogens with zero attached hydrogens (tertiary/aromatic N) is 1. The van der Waals surface area contributed by atoms with Gasteiger partial charge in [-0.3, -0.25) is 18.9 Å². The molecule has 0 saturated heterocycles. The average Bonchev–Trinajstić information content (AvgIpc) is 2.74. The first-order chi connectivity index (χ1) is 8.85. The Morgan fingerprint density at radius 2 is 2.16 bits per heavy atom. The van der Waals surface area contributed by atoms with Crippen LogP contribution in [0.25, 0.3) is 0 Å². The largest absolute Gasteiger partial charge is 0.351 e. The van der Waals surface area contributed by atoms with E-state index in [-0.39, 0.29) is 0 Å². The van der Waals surface area contributed by atoms with E-state index in [0.29, 0.717) is 0 Å². The molecule has 1 aliphatic rings. The molecule has 0 spiro atoms. The molecule has 2 heterocycles. The molecular formula is C9H11N2O7P. The molecule has 0 unspecified atom stereocenters. The minimum atomic E-state index is -4.28. The summed E-state index contributed by atoms with van der Waals surface area (Å²) in [5.74, 6) is 0. The highest BCUT2D eigenvalue weighted by atomic mass is 31.2. The SMILES string of the molecule is O=c1ccn([C@H]2C=C[C@@H](OCP(=O)(O)O)O2)c(=O)[nH]1. The molecule has 0 radical (unpaired) electrons. The van der Waals surface area contributed by atoms with Gasteiger partial charge in [0.2, 0.25) is 0 Å². The zero-order valence-corrected chi connectivity index (χ0v) is 10.4. The van der Waals surface area contributed by atoms with Gasteiger partial charge in [-0.2, -0.15) is 0 Å². The van der Waals surface area contributed by atoms with Gasteiger partial charge in [-0.15, -0.1) is 0 Å². The van der Waals surface area contributed by atoms with E-state index in [1.54, 1.807) is 0 Å². The van der Waals surface area contributed by atoms with Gasteiger partial charge in [-0.1, -0.05) is 0 Å². The van der Waals surface area contributed by atoms with Gasteiger partial charge in [0.05, 0.1) is 0 Å². The molecule has 0 aromatic carbocycles. The van der Waals surface area contributed by atoms with Crippen LogP contribution in [0.5, 0.6) is 0 Å². The second-order valence-corrected chi connectivity index (χ2v) is 5.35. The quantitative estimate of drug-likeness (QED) is 0.483. The fraction of sp³-hybridized carbons (Fsp3) is 0.333. The zero-order chi connectivity index (χ0) is 14.0. The van der Waals surface area contributed by atoms with Crippen LogP contribution >= 0.6 is 7.60 Å². The van der Waals surface area contributed by atoms with E-state index in [2.05, 4.69) is 4.98 Å². The second-order valence-electron chi connectivity index (χ2n) is 3.76. The molecule has 19 heavy (non-hydrogen) atoms. The molecule has 104 valence electrons.